The number of carboxylic acid groups (broad SMARTS) is 1. The molecule has 0 aliphatic heterocycles. The van der Waals surface area contributed by atoms with E-state index in [1.807, 2.05) is 31.2 Å². The van der Waals surface area contributed by atoms with Crippen LogP contribution in [0.4, 0.5) is 5.82 Å². The number of carbonyl (C=O) groups is 1. The summed E-state index contributed by atoms with van der Waals surface area (Å²) in [6, 6.07) is 19.3. The second-order valence-electron chi connectivity index (χ2n) is 6.41. The monoisotopic (exact) mass is 418 g/mol. The lowest BCUT2D eigenvalue weighted by atomic mass is 10.2. The summed E-state index contributed by atoms with van der Waals surface area (Å²) in [5.41, 5.74) is 4.77. The zero-order valence-electron chi connectivity index (χ0n) is 16.1. The van der Waals surface area contributed by atoms with Gasteiger partial charge in [-0.05, 0) is 30.7 Å². The SMILES string of the molecule is Cc1nc(N/N=C/c2ccccc2OCC(=O)O)c2cc(-c3ccccc3)sc2n1. The highest BCUT2D eigenvalue weighted by Crippen LogP contribution is 2.35. The Morgan fingerprint density at radius 1 is 1.17 bits per heavy atom. The maximum absolute atomic E-state index is 10.8. The summed E-state index contributed by atoms with van der Waals surface area (Å²) in [6.07, 6.45) is 1.57. The smallest absolute Gasteiger partial charge is 0.341 e. The number of benzene rings is 2. The third kappa shape index (κ3) is 4.44. The molecule has 0 saturated carbocycles. The minimum absolute atomic E-state index is 0.416. The number of hydrogen-bond acceptors (Lipinski definition) is 7. The minimum atomic E-state index is -1.04. The molecule has 8 heteroatoms. The highest BCUT2D eigenvalue weighted by atomic mass is 32.1. The molecule has 2 N–H and O–H groups in total. The third-order valence-electron chi connectivity index (χ3n) is 4.21. The molecule has 30 heavy (non-hydrogen) atoms. The summed E-state index contributed by atoms with van der Waals surface area (Å²) in [5, 5.41) is 14.0. The van der Waals surface area contributed by atoms with Crippen LogP contribution in [-0.2, 0) is 4.79 Å². The van der Waals surface area contributed by atoms with E-state index >= 15 is 0 Å². The van der Waals surface area contributed by atoms with E-state index in [0.29, 0.717) is 23.0 Å². The average molecular weight is 418 g/mol. The Kier molecular flexibility index (Phi) is 5.67. The van der Waals surface area contributed by atoms with Crippen molar-refractivity contribution in [1.29, 1.82) is 0 Å². The Morgan fingerprint density at radius 2 is 1.93 bits per heavy atom. The Bertz CT molecular complexity index is 1220. The second kappa shape index (κ2) is 8.71. The van der Waals surface area contributed by atoms with Gasteiger partial charge < -0.3 is 9.84 Å². The lowest BCUT2D eigenvalue weighted by molar-refractivity contribution is -0.139. The lowest BCUT2D eigenvalue weighted by Crippen LogP contribution is -2.10. The van der Waals surface area contributed by atoms with Gasteiger partial charge in [0, 0.05) is 10.4 Å². The number of nitrogens with one attached hydrogen (secondary N) is 1. The maximum atomic E-state index is 10.8. The van der Waals surface area contributed by atoms with Crippen molar-refractivity contribution in [1.82, 2.24) is 9.97 Å². The Balaban J connectivity index is 1.60. The van der Waals surface area contributed by atoms with Gasteiger partial charge in [0.05, 0.1) is 11.6 Å². The molecule has 0 saturated heterocycles. The average Bonchev–Trinajstić information content (AvgIpc) is 3.17. The molecule has 0 spiro atoms. The van der Waals surface area contributed by atoms with E-state index in [-0.39, 0.29) is 0 Å². The van der Waals surface area contributed by atoms with Crippen LogP contribution in [0, 0.1) is 6.92 Å². The zero-order valence-corrected chi connectivity index (χ0v) is 16.9. The third-order valence-corrected chi connectivity index (χ3v) is 5.29. The number of anilines is 1. The summed E-state index contributed by atoms with van der Waals surface area (Å²) < 4.78 is 5.30. The molecule has 4 rings (SSSR count). The molecule has 0 radical (unpaired) electrons. The predicted octanol–water partition coefficient (Wildman–Crippen LogP) is 4.58. The first-order valence-electron chi connectivity index (χ1n) is 9.16. The van der Waals surface area contributed by atoms with Gasteiger partial charge in [0.15, 0.2) is 12.4 Å². The number of carboxylic acids is 1. The minimum Gasteiger partial charge on any atom is -0.481 e. The molecule has 4 aromatic rings. The number of aryl methyl sites for hydroxylation is 1. The summed E-state index contributed by atoms with van der Waals surface area (Å²) in [6.45, 7) is 1.42. The summed E-state index contributed by atoms with van der Waals surface area (Å²) in [5.74, 6) is 0.657. The molecule has 0 unspecified atom stereocenters. The van der Waals surface area contributed by atoms with Gasteiger partial charge in [0.2, 0.25) is 0 Å². The van der Waals surface area contributed by atoms with Crippen LogP contribution < -0.4 is 10.2 Å². The first kappa shape index (κ1) is 19.5. The number of nitrogens with zero attached hydrogens (tertiary/aromatic N) is 3. The molecule has 2 aromatic carbocycles. The van der Waals surface area contributed by atoms with Crippen LogP contribution in [0.3, 0.4) is 0 Å². The first-order valence-corrected chi connectivity index (χ1v) is 9.98. The molecule has 150 valence electrons. The number of fused-ring (bicyclic) bond motifs is 1. The molecule has 0 fully saturated rings. The number of para-hydroxylation sites is 1. The van der Waals surface area contributed by atoms with Crippen LogP contribution in [0.2, 0.25) is 0 Å². The number of ether oxygens (including phenoxy) is 1. The van der Waals surface area contributed by atoms with Gasteiger partial charge in [-0.25, -0.2) is 14.8 Å². The van der Waals surface area contributed by atoms with Gasteiger partial charge in [0.25, 0.3) is 0 Å². The van der Waals surface area contributed by atoms with Gasteiger partial charge >= 0.3 is 5.97 Å². The highest BCUT2D eigenvalue weighted by Gasteiger charge is 2.11. The van der Waals surface area contributed by atoms with Gasteiger partial charge in [-0.1, -0.05) is 42.5 Å². The Morgan fingerprint density at radius 3 is 2.73 bits per heavy atom. The lowest BCUT2D eigenvalue weighted by Gasteiger charge is -2.06. The number of hydrazone groups is 1. The van der Waals surface area contributed by atoms with E-state index in [9.17, 15) is 4.79 Å². The van der Waals surface area contributed by atoms with Crippen molar-refractivity contribution >= 4 is 39.6 Å². The zero-order chi connectivity index (χ0) is 20.9. The molecule has 7 nitrogen and oxygen atoms in total. The van der Waals surface area contributed by atoms with Crippen molar-refractivity contribution in [2.24, 2.45) is 5.10 Å². The van der Waals surface area contributed by atoms with Crippen LogP contribution in [0.15, 0.2) is 65.8 Å². The topological polar surface area (TPSA) is 96.7 Å². The molecule has 0 amide bonds. The quantitative estimate of drug-likeness (QED) is 0.337. The van der Waals surface area contributed by atoms with Crippen LogP contribution >= 0.6 is 11.3 Å². The standard InChI is InChI=1S/C22H18N4O3S/c1-14-24-21(17-11-19(30-22(17)25-14)15-7-3-2-4-8-15)26-23-12-16-9-5-6-10-18(16)29-13-20(27)28/h2-12H,13H2,1H3,(H,27,28)(H,24,25,26)/b23-12+. The van der Waals surface area contributed by atoms with Crippen molar-refractivity contribution < 1.29 is 14.6 Å². The second-order valence-corrected chi connectivity index (χ2v) is 7.44. The van der Waals surface area contributed by atoms with Crippen molar-refractivity contribution in [2.75, 3.05) is 12.0 Å². The molecule has 0 aliphatic rings. The summed E-state index contributed by atoms with van der Waals surface area (Å²) >= 11 is 1.60. The van der Waals surface area contributed by atoms with E-state index in [4.69, 9.17) is 9.84 Å². The fraction of sp³-hybridized carbons (Fsp3) is 0.0909. The van der Waals surface area contributed by atoms with Crippen LogP contribution in [-0.4, -0.2) is 33.9 Å². The number of hydrogen-bond donors (Lipinski definition) is 2. The molecule has 0 atom stereocenters. The fourth-order valence-electron chi connectivity index (χ4n) is 2.88. The number of aliphatic carboxylic acids is 1. The molecular weight excluding hydrogens is 400 g/mol. The largest absolute Gasteiger partial charge is 0.481 e. The number of aromatic nitrogens is 2. The van der Waals surface area contributed by atoms with E-state index in [1.165, 1.54) is 0 Å². The van der Waals surface area contributed by atoms with Gasteiger partial charge in [-0.15, -0.1) is 11.3 Å². The summed E-state index contributed by atoms with van der Waals surface area (Å²) in [4.78, 5) is 21.8. The number of rotatable bonds is 7. The van der Waals surface area contributed by atoms with Crippen molar-refractivity contribution in [3.05, 3.63) is 72.1 Å². The molecule has 0 bridgehead atoms. The summed E-state index contributed by atoms with van der Waals surface area (Å²) in [7, 11) is 0. The van der Waals surface area contributed by atoms with E-state index < -0.39 is 12.6 Å². The van der Waals surface area contributed by atoms with Gasteiger partial charge in [0.1, 0.15) is 16.4 Å². The van der Waals surface area contributed by atoms with Crippen LogP contribution in [0.25, 0.3) is 20.7 Å². The number of thiophene rings is 1. The predicted molar refractivity (Wildman–Crippen MR) is 118 cm³/mol. The van der Waals surface area contributed by atoms with Crippen molar-refractivity contribution in [3.8, 4) is 16.2 Å². The normalized spacial score (nSPS) is 11.1. The van der Waals surface area contributed by atoms with Gasteiger partial charge in [-0.2, -0.15) is 5.10 Å². The van der Waals surface area contributed by atoms with E-state index in [2.05, 4.69) is 38.7 Å². The Labute approximate surface area is 176 Å². The van der Waals surface area contributed by atoms with Crippen molar-refractivity contribution in [2.45, 2.75) is 6.92 Å². The molecule has 0 aliphatic carbocycles. The first-order chi connectivity index (χ1) is 14.6. The van der Waals surface area contributed by atoms with E-state index in [0.717, 1.165) is 20.7 Å². The van der Waals surface area contributed by atoms with Crippen LogP contribution in [0.1, 0.15) is 11.4 Å². The molecule has 2 aromatic heterocycles. The maximum Gasteiger partial charge on any atom is 0.341 e. The Hall–Kier alpha value is -3.78. The van der Waals surface area contributed by atoms with Crippen LogP contribution in [0.5, 0.6) is 5.75 Å². The van der Waals surface area contributed by atoms with Gasteiger partial charge in [-0.3, -0.25) is 5.43 Å². The van der Waals surface area contributed by atoms with Crippen molar-refractivity contribution in [3.63, 3.8) is 0 Å². The fourth-order valence-corrected chi connectivity index (χ4v) is 3.96. The molecular formula is C22H18N4O3S. The highest BCUT2D eigenvalue weighted by molar-refractivity contribution is 7.21. The van der Waals surface area contributed by atoms with E-state index in [1.54, 1.807) is 35.8 Å². The molecule has 2 heterocycles.